The summed E-state index contributed by atoms with van der Waals surface area (Å²) in [6.07, 6.45) is 2.37. The van der Waals surface area contributed by atoms with Crippen LogP contribution in [0.2, 0.25) is 5.02 Å². The number of hydrogen-bond donors (Lipinski definition) is 1. The van der Waals surface area contributed by atoms with Gasteiger partial charge in [0, 0.05) is 17.9 Å². The highest BCUT2D eigenvalue weighted by Crippen LogP contribution is 2.29. The molecule has 0 radical (unpaired) electrons. The van der Waals surface area contributed by atoms with Gasteiger partial charge in [0.2, 0.25) is 5.91 Å². The van der Waals surface area contributed by atoms with Crippen LogP contribution in [0.5, 0.6) is 0 Å². The van der Waals surface area contributed by atoms with Gasteiger partial charge >= 0.3 is 0 Å². The molecule has 0 saturated heterocycles. The number of aromatic nitrogens is 2. The van der Waals surface area contributed by atoms with E-state index in [-0.39, 0.29) is 11.3 Å². The van der Waals surface area contributed by atoms with E-state index < -0.39 is 0 Å². The Morgan fingerprint density at radius 2 is 2.00 bits per heavy atom. The summed E-state index contributed by atoms with van der Waals surface area (Å²) >= 11 is 6.30. The van der Waals surface area contributed by atoms with Crippen LogP contribution in [-0.2, 0) is 10.2 Å². The number of carbonyl (C=O) groups is 1. The number of benzene rings is 1. The molecule has 5 heteroatoms. The SMILES string of the molecule is CCCCC(=O)Nc1cc(C(C)(C)C)nn1-c1ccccc1Cl. The largest absolute Gasteiger partial charge is 0.311 e. The van der Waals surface area contributed by atoms with Crippen molar-refractivity contribution in [3.63, 3.8) is 0 Å². The molecule has 0 unspecified atom stereocenters. The number of nitrogens with zero attached hydrogens (tertiary/aromatic N) is 2. The Hall–Kier alpha value is -1.81. The highest BCUT2D eigenvalue weighted by Gasteiger charge is 2.22. The molecular weight excluding hydrogens is 310 g/mol. The van der Waals surface area contributed by atoms with Crippen molar-refractivity contribution in [2.75, 3.05) is 5.32 Å². The summed E-state index contributed by atoms with van der Waals surface area (Å²) in [4.78, 5) is 12.1. The number of unbranched alkanes of at least 4 members (excludes halogenated alkanes) is 1. The smallest absolute Gasteiger partial charge is 0.225 e. The first-order chi connectivity index (χ1) is 10.8. The fourth-order valence-electron chi connectivity index (χ4n) is 2.19. The Balaban J connectivity index is 2.41. The standard InChI is InChI=1S/C18H24ClN3O/c1-5-6-11-17(23)20-16-12-15(18(2,3)4)21-22(16)14-10-8-7-9-13(14)19/h7-10,12H,5-6,11H2,1-4H3,(H,20,23). The second kappa shape index (κ2) is 7.18. The number of para-hydroxylation sites is 1. The summed E-state index contributed by atoms with van der Waals surface area (Å²) < 4.78 is 1.72. The molecule has 0 fully saturated rings. The van der Waals surface area contributed by atoms with E-state index in [1.165, 1.54) is 0 Å². The van der Waals surface area contributed by atoms with Gasteiger partial charge in [0.15, 0.2) is 0 Å². The van der Waals surface area contributed by atoms with Gasteiger partial charge in [0.05, 0.1) is 16.4 Å². The lowest BCUT2D eigenvalue weighted by Gasteiger charge is -2.14. The molecule has 0 saturated carbocycles. The van der Waals surface area contributed by atoms with Gasteiger partial charge in [-0.25, -0.2) is 4.68 Å². The monoisotopic (exact) mass is 333 g/mol. The van der Waals surface area contributed by atoms with E-state index in [1.807, 2.05) is 30.3 Å². The number of carbonyl (C=O) groups excluding carboxylic acids is 1. The summed E-state index contributed by atoms with van der Waals surface area (Å²) in [7, 11) is 0. The normalized spacial score (nSPS) is 11.5. The topological polar surface area (TPSA) is 46.9 Å². The molecule has 0 spiro atoms. The third-order valence-electron chi connectivity index (χ3n) is 3.58. The number of nitrogens with one attached hydrogen (secondary N) is 1. The van der Waals surface area contributed by atoms with E-state index in [0.717, 1.165) is 24.2 Å². The zero-order valence-corrected chi connectivity index (χ0v) is 14.9. The third-order valence-corrected chi connectivity index (χ3v) is 3.90. The van der Waals surface area contributed by atoms with Crippen LogP contribution in [0.15, 0.2) is 30.3 Å². The number of anilines is 1. The minimum Gasteiger partial charge on any atom is -0.311 e. The molecule has 1 heterocycles. The minimum atomic E-state index is -0.116. The Kier molecular flexibility index (Phi) is 5.47. The van der Waals surface area contributed by atoms with E-state index in [9.17, 15) is 4.79 Å². The van der Waals surface area contributed by atoms with Crippen LogP contribution in [0.4, 0.5) is 5.82 Å². The molecule has 2 rings (SSSR count). The van der Waals surface area contributed by atoms with Gasteiger partial charge in [0.1, 0.15) is 5.82 Å². The highest BCUT2D eigenvalue weighted by atomic mass is 35.5. The quantitative estimate of drug-likeness (QED) is 0.841. The van der Waals surface area contributed by atoms with Crippen molar-refractivity contribution in [3.8, 4) is 5.69 Å². The molecule has 0 atom stereocenters. The van der Waals surface area contributed by atoms with Gasteiger partial charge in [-0.15, -0.1) is 0 Å². The van der Waals surface area contributed by atoms with Crippen LogP contribution in [0.1, 0.15) is 52.7 Å². The molecule has 124 valence electrons. The molecule has 1 N–H and O–H groups in total. The third kappa shape index (κ3) is 4.35. The van der Waals surface area contributed by atoms with E-state index in [0.29, 0.717) is 17.3 Å². The lowest BCUT2D eigenvalue weighted by molar-refractivity contribution is -0.116. The van der Waals surface area contributed by atoms with E-state index >= 15 is 0 Å². The molecule has 1 aromatic heterocycles. The highest BCUT2D eigenvalue weighted by molar-refractivity contribution is 6.32. The predicted octanol–water partition coefficient (Wildman–Crippen LogP) is 4.95. The zero-order chi connectivity index (χ0) is 17.0. The number of rotatable bonds is 5. The Morgan fingerprint density at radius 3 is 2.61 bits per heavy atom. The molecule has 0 bridgehead atoms. The fourth-order valence-corrected chi connectivity index (χ4v) is 2.40. The molecule has 0 aliphatic rings. The lowest BCUT2D eigenvalue weighted by atomic mass is 9.92. The number of hydrogen-bond acceptors (Lipinski definition) is 2. The Labute approximate surface area is 142 Å². The van der Waals surface area contributed by atoms with Gasteiger partial charge in [-0.3, -0.25) is 4.79 Å². The van der Waals surface area contributed by atoms with Gasteiger partial charge < -0.3 is 5.32 Å². The van der Waals surface area contributed by atoms with Crippen molar-refractivity contribution in [1.82, 2.24) is 9.78 Å². The average molecular weight is 334 g/mol. The summed E-state index contributed by atoms with van der Waals surface area (Å²) in [5.74, 6) is 0.657. The molecule has 1 amide bonds. The average Bonchev–Trinajstić information content (AvgIpc) is 2.89. The van der Waals surface area contributed by atoms with E-state index in [1.54, 1.807) is 4.68 Å². The van der Waals surface area contributed by atoms with Crippen LogP contribution in [0.3, 0.4) is 0 Å². The number of halogens is 1. The molecular formula is C18H24ClN3O. The van der Waals surface area contributed by atoms with E-state index in [4.69, 9.17) is 11.6 Å². The molecule has 2 aromatic rings. The van der Waals surface area contributed by atoms with Crippen molar-refractivity contribution in [2.45, 2.75) is 52.4 Å². The van der Waals surface area contributed by atoms with Gasteiger partial charge in [-0.05, 0) is 18.6 Å². The fraction of sp³-hybridized carbons (Fsp3) is 0.444. The van der Waals surface area contributed by atoms with Crippen LogP contribution >= 0.6 is 11.6 Å². The minimum absolute atomic E-state index is 0.000475. The summed E-state index contributed by atoms with van der Waals surface area (Å²) in [5.41, 5.74) is 1.55. The molecule has 0 aliphatic carbocycles. The van der Waals surface area contributed by atoms with Gasteiger partial charge in [0.25, 0.3) is 0 Å². The van der Waals surface area contributed by atoms with Crippen LogP contribution in [-0.4, -0.2) is 15.7 Å². The predicted molar refractivity (Wildman–Crippen MR) is 95.4 cm³/mol. The van der Waals surface area contributed by atoms with Crippen molar-refractivity contribution < 1.29 is 4.79 Å². The Morgan fingerprint density at radius 1 is 1.30 bits per heavy atom. The van der Waals surface area contributed by atoms with Crippen molar-refractivity contribution in [1.29, 1.82) is 0 Å². The second-order valence-corrected chi connectivity index (χ2v) is 7.09. The molecule has 4 nitrogen and oxygen atoms in total. The van der Waals surface area contributed by atoms with Crippen LogP contribution in [0.25, 0.3) is 5.69 Å². The maximum Gasteiger partial charge on any atom is 0.225 e. The van der Waals surface area contributed by atoms with Crippen LogP contribution in [0, 0.1) is 0 Å². The zero-order valence-electron chi connectivity index (χ0n) is 14.2. The summed E-state index contributed by atoms with van der Waals surface area (Å²) in [5, 5.41) is 8.23. The first-order valence-electron chi connectivity index (χ1n) is 7.98. The van der Waals surface area contributed by atoms with Gasteiger partial charge in [-0.1, -0.05) is 57.8 Å². The molecule has 1 aromatic carbocycles. The van der Waals surface area contributed by atoms with Gasteiger partial charge in [-0.2, -0.15) is 5.10 Å². The lowest BCUT2D eigenvalue weighted by Crippen LogP contribution is -2.15. The molecule has 0 aliphatic heterocycles. The second-order valence-electron chi connectivity index (χ2n) is 6.68. The van der Waals surface area contributed by atoms with Crippen molar-refractivity contribution >= 4 is 23.3 Å². The summed E-state index contributed by atoms with van der Waals surface area (Å²) in [6, 6.07) is 9.41. The van der Waals surface area contributed by atoms with Crippen molar-refractivity contribution in [2.24, 2.45) is 0 Å². The first-order valence-corrected chi connectivity index (χ1v) is 8.36. The molecule has 23 heavy (non-hydrogen) atoms. The first kappa shape index (κ1) is 17.5. The Bertz CT molecular complexity index is 686. The van der Waals surface area contributed by atoms with Crippen molar-refractivity contribution in [3.05, 3.63) is 41.0 Å². The van der Waals surface area contributed by atoms with Crippen LogP contribution < -0.4 is 5.32 Å². The summed E-state index contributed by atoms with van der Waals surface area (Å²) in [6.45, 7) is 8.35. The maximum absolute atomic E-state index is 12.1. The van der Waals surface area contributed by atoms with E-state index in [2.05, 4.69) is 38.1 Å². The number of amides is 1. The maximum atomic E-state index is 12.1.